The second kappa shape index (κ2) is 8.18. The molecule has 0 saturated carbocycles. The Morgan fingerprint density at radius 2 is 1.86 bits per heavy atom. The van der Waals surface area contributed by atoms with Crippen molar-refractivity contribution < 1.29 is 32.3 Å². The van der Waals surface area contributed by atoms with Crippen LogP contribution in [0.2, 0.25) is 0 Å². The molecule has 28 heavy (non-hydrogen) atoms. The van der Waals surface area contributed by atoms with Crippen LogP contribution in [0.4, 0.5) is 14.5 Å². The van der Waals surface area contributed by atoms with Gasteiger partial charge in [-0.25, -0.2) is 4.79 Å². The number of benzene rings is 2. The maximum Gasteiger partial charge on any atom is 0.387 e. The van der Waals surface area contributed by atoms with Crippen molar-refractivity contribution in [1.82, 2.24) is 0 Å². The van der Waals surface area contributed by atoms with Crippen LogP contribution in [0, 0.1) is 11.3 Å². The average Bonchev–Trinajstić information content (AvgIpc) is 3.04. The maximum absolute atomic E-state index is 12.1. The fourth-order valence-corrected chi connectivity index (χ4v) is 2.41. The minimum Gasteiger partial charge on any atom is -0.452 e. The molecular formula is C19H12F2N2O5. The summed E-state index contributed by atoms with van der Waals surface area (Å²) in [7, 11) is 0. The number of ether oxygens (including phenoxy) is 2. The largest absolute Gasteiger partial charge is 0.452 e. The number of esters is 1. The van der Waals surface area contributed by atoms with Crippen molar-refractivity contribution in [3.8, 4) is 11.8 Å². The Bertz CT molecular complexity index is 1050. The molecular weight excluding hydrogens is 374 g/mol. The second-order valence-electron chi connectivity index (χ2n) is 5.44. The number of carbonyl (C=O) groups excluding carboxylic acids is 2. The Hall–Kier alpha value is -3.93. The van der Waals surface area contributed by atoms with Crippen molar-refractivity contribution in [1.29, 1.82) is 5.26 Å². The van der Waals surface area contributed by atoms with Gasteiger partial charge in [0.1, 0.15) is 23.1 Å². The summed E-state index contributed by atoms with van der Waals surface area (Å²) >= 11 is 0. The van der Waals surface area contributed by atoms with E-state index < -0.39 is 25.1 Å². The average molecular weight is 386 g/mol. The van der Waals surface area contributed by atoms with E-state index in [1.165, 1.54) is 24.3 Å². The normalized spacial score (nSPS) is 10.5. The van der Waals surface area contributed by atoms with E-state index >= 15 is 0 Å². The third-order valence-corrected chi connectivity index (χ3v) is 3.61. The molecule has 0 fully saturated rings. The lowest BCUT2D eigenvalue weighted by molar-refractivity contribution is -0.119. The molecule has 1 aromatic heterocycles. The minimum atomic E-state index is -2.97. The highest BCUT2D eigenvalue weighted by molar-refractivity contribution is 6.03. The first-order valence-electron chi connectivity index (χ1n) is 7.91. The van der Waals surface area contributed by atoms with Crippen LogP contribution in [-0.4, -0.2) is 25.1 Å². The molecule has 0 radical (unpaired) electrons. The summed E-state index contributed by atoms with van der Waals surface area (Å²) in [4.78, 5) is 24.0. The summed E-state index contributed by atoms with van der Waals surface area (Å²) in [6.45, 7) is -3.59. The molecule has 7 nitrogen and oxygen atoms in total. The number of nitrogens with one attached hydrogen (secondary N) is 1. The molecule has 142 valence electrons. The van der Waals surface area contributed by atoms with E-state index in [2.05, 4.69) is 10.1 Å². The van der Waals surface area contributed by atoms with Gasteiger partial charge in [-0.05, 0) is 36.4 Å². The maximum atomic E-state index is 12.1. The highest BCUT2D eigenvalue weighted by atomic mass is 19.3. The zero-order valence-electron chi connectivity index (χ0n) is 14.1. The molecule has 0 saturated heterocycles. The number of hydrogen-bond donors (Lipinski definition) is 1. The number of carbonyl (C=O) groups is 2. The van der Waals surface area contributed by atoms with Gasteiger partial charge in [0.2, 0.25) is 5.76 Å². The minimum absolute atomic E-state index is 0.0564. The number of amides is 1. The molecule has 1 amide bonds. The van der Waals surface area contributed by atoms with Crippen LogP contribution in [0.1, 0.15) is 16.1 Å². The number of halogens is 2. The van der Waals surface area contributed by atoms with Gasteiger partial charge < -0.3 is 19.2 Å². The summed E-state index contributed by atoms with van der Waals surface area (Å²) in [6.07, 6.45) is 0. The summed E-state index contributed by atoms with van der Waals surface area (Å²) < 4.78 is 38.6. The number of para-hydroxylation sites is 1. The number of nitrogens with zero attached hydrogens (tertiary/aromatic N) is 1. The lowest BCUT2D eigenvalue weighted by atomic mass is 10.2. The highest BCUT2D eigenvalue weighted by Gasteiger charge is 2.17. The fraction of sp³-hybridized carbons (Fsp3) is 0.105. The predicted octanol–water partition coefficient (Wildman–Crippen LogP) is 3.70. The Morgan fingerprint density at radius 1 is 1.14 bits per heavy atom. The molecule has 3 rings (SSSR count). The van der Waals surface area contributed by atoms with E-state index in [-0.39, 0.29) is 22.8 Å². The van der Waals surface area contributed by atoms with Gasteiger partial charge in [0, 0.05) is 5.39 Å². The van der Waals surface area contributed by atoms with Crippen LogP contribution in [0.5, 0.6) is 5.75 Å². The van der Waals surface area contributed by atoms with Crippen molar-refractivity contribution in [2.75, 3.05) is 11.9 Å². The van der Waals surface area contributed by atoms with Crippen molar-refractivity contribution in [3.05, 3.63) is 59.9 Å². The Kier molecular flexibility index (Phi) is 5.50. The van der Waals surface area contributed by atoms with Crippen molar-refractivity contribution in [3.63, 3.8) is 0 Å². The van der Waals surface area contributed by atoms with Gasteiger partial charge in [0.05, 0.1) is 5.56 Å². The topological polar surface area (TPSA) is 102 Å². The van der Waals surface area contributed by atoms with Gasteiger partial charge in [-0.3, -0.25) is 4.79 Å². The molecule has 0 aliphatic rings. The van der Waals surface area contributed by atoms with Crippen LogP contribution in [0.15, 0.2) is 52.9 Å². The van der Waals surface area contributed by atoms with Crippen molar-refractivity contribution in [2.24, 2.45) is 0 Å². The third-order valence-electron chi connectivity index (χ3n) is 3.61. The first-order chi connectivity index (χ1) is 13.5. The highest BCUT2D eigenvalue weighted by Crippen LogP contribution is 2.30. The Labute approximate surface area is 157 Å². The van der Waals surface area contributed by atoms with Crippen LogP contribution in [0.3, 0.4) is 0 Å². The first-order valence-corrected chi connectivity index (χ1v) is 7.91. The quantitative estimate of drug-likeness (QED) is 0.648. The smallest absolute Gasteiger partial charge is 0.387 e. The number of anilines is 1. The van der Waals surface area contributed by atoms with E-state index in [1.54, 1.807) is 24.3 Å². The van der Waals surface area contributed by atoms with Gasteiger partial charge >= 0.3 is 12.6 Å². The van der Waals surface area contributed by atoms with E-state index in [4.69, 9.17) is 14.4 Å². The summed E-state index contributed by atoms with van der Waals surface area (Å²) in [5, 5.41) is 12.2. The number of alkyl halides is 2. The lowest BCUT2D eigenvalue weighted by Crippen LogP contribution is -2.21. The third kappa shape index (κ3) is 4.24. The van der Waals surface area contributed by atoms with E-state index in [1.807, 2.05) is 6.07 Å². The zero-order valence-corrected chi connectivity index (χ0v) is 14.1. The van der Waals surface area contributed by atoms with E-state index in [0.717, 1.165) is 0 Å². The molecule has 0 bridgehead atoms. The fourth-order valence-electron chi connectivity index (χ4n) is 2.41. The summed E-state index contributed by atoms with van der Waals surface area (Å²) in [6, 6.07) is 13.4. The molecule has 1 heterocycles. The molecule has 0 aliphatic heterocycles. The molecule has 0 unspecified atom stereocenters. The van der Waals surface area contributed by atoms with Crippen LogP contribution < -0.4 is 10.1 Å². The zero-order chi connectivity index (χ0) is 20.1. The Morgan fingerprint density at radius 3 is 2.54 bits per heavy atom. The van der Waals surface area contributed by atoms with Crippen molar-refractivity contribution >= 4 is 28.5 Å². The van der Waals surface area contributed by atoms with Gasteiger partial charge in [-0.1, -0.05) is 12.1 Å². The molecule has 2 aromatic carbocycles. The SMILES string of the molecule is N#Cc1oc2ccccc2c1NC(=O)COC(=O)c1ccc(OC(F)F)cc1. The molecule has 0 aliphatic carbocycles. The monoisotopic (exact) mass is 386 g/mol. The summed E-state index contributed by atoms with van der Waals surface area (Å²) in [5.41, 5.74) is 0.672. The van der Waals surface area contributed by atoms with Crippen LogP contribution in [-0.2, 0) is 9.53 Å². The molecule has 0 atom stereocenters. The van der Waals surface area contributed by atoms with Crippen LogP contribution >= 0.6 is 0 Å². The van der Waals surface area contributed by atoms with Crippen molar-refractivity contribution in [2.45, 2.75) is 6.61 Å². The molecule has 3 aromatic rings. The second-order valence-corrected chi connectivity index (χ2v) is 5.44. The molecule has 1 N–H and O–H groups in total. The van der Waals surface area contributed by atoms with Gasteiger partial charge in [0.25, 0.3) is 5.91 Å². The van der Waals surface area contributed by atoms with Gasteiger partial charge in [-0.15, -0.1) is 0 Å². The standard InChI is InChI=1S/C19H12F2N2O5/c20-19(21)27-12-7-5-11(6-8-12)18(25)26-10-16(24)23-17-13-3-1-2-4-14(13)28-15(17)9-22/h1-8,19H,10H2,(H,23,24). The van der Waals surface area contributed by atoms with E-state index in [0.29, 0.717) is 11.0 Å². The number of rotatable bonds is 6. The van der Waals surface area contributed by atoms with E-state index in [9.17, 15) is 18.4 Å². The number of fused-ring (bicyclic) bond motifs is 1. The molecule has 0 spiro atoms. The number of hydrogen-bond acceptors (Lipinski definition) is 6. The van der Waals surface area contributed by atoms with Gasteiger partial charge in [0.15, 0.2) is 6.61 Å². The van der Waals surface area contributed by atoms with Crippen LogP contribution in [0.25, 0.3) is 11.0 Å². The molecule has 9 heteroatoms. The number of nitriles is 1. The first kappa shape index (κ1) is 18.8. The predicted molar refractivity (Wildman–Crippen MR) is 92.9 cm³/mol. The van der Waals surface area contributed by atoms with Gasteiger partial charge in [-0.2, -0.15) is 14.0 Å². The lowest BCUT2D eigenvalue weighted by Gasteiger charge is -2.07. The summed E-state index contributed by atoms with van der Waals surface area (Å²) in [5.74, 6) is -1.68. The Balaban J connectivity index is 1.62. The number of furan rings is 1.